The minimum Gasteiger partial charge on any atom is -0.504 e. The van der Waals surface area contributed by atoms with Gasteiger partial charge in [-0.3, -0.25) is 0 Å². The maximum atomic E-state index is 12.7. The summed E-state index contributed by atoms with van der Waals surface area (Å²) in [5.74, 6) is 9.54. The molecular weight excluding hydrogens is 853 g/mol. The van der Waals surface area contributed by atoms with Crippen LogP contribution in [0.1, 0.15) is 107 Å². The van der Waals surface area contributed by atoms with Crippen molar-refractivity contribution in [2.24, 2.45) is 58.0 Å². The number of aliphatic hydroxyl groups excluding tert-OH is 4. The van der Waals surface area contributed by atoms with Crippen molar-refractivity contribution < 1.29 is 30.3 Å². The summed E-state index contributed by atoms with van der Waals surface area (Å²) in [6.45, 7) is 5.94. The Kier molecular flexibility index (Phi) is 14.4. The first kappa shape index (κ1) is 47.1. The molecule has 10 nitrogen and oxygen atoms in total. The summed E-state index contributed by atoms with van der Waals surface area (Å²) < 4.78 is 6.94. The van der Waals surface area contributed by atoms with Crippen molar-refractivity contribution in [1.29, 1.82) is 0 Å². The Labute approximate surface area is 394 Å². The number of ether oxygens (including phenoxy) is 1. The summed E-state index contributed by atoms with van der Waals surface area (Å²) in [6.07, 6.45) is 15.0. The van der Waals surface area contributed by atoms with E-state index in [-0.39, 0.29) is 52.8 Å². The quantitative estimate of drug-likeness (QED) is 0.0699. The number of aromatic hydroxyl groups is 1. The fourth-order valence-electron chi connectivity index (χ4n) is 14.2. The highest BCUT2D eigenvalue weighted by Gasteiger charge is 2.59. The van der Waals surface area contributed by atoms with Gasteiger partial charge in [0.25, 0.3) is 0 Å². The fourth-order valence-corrected chi connectivity index (χ4v) is 16.7. The molecule has 5 aliphatic carbocycles. The predicted molar refractivity (Wildman–Crippen MR) is 262 cm³/mol. The molecule has 9 rings (SSSR count). The molecule has 2 aliphatic heterocycles. The number of fused-ring (bicyclic) bond motifs is 6. The van der Waals surface area contributed by atoms with Gasteiger partial charge in [0, 0.05) is 71.2 Å². The van der Waals surface area contributed by atoms with Crippen LogP contribution in [0, 0.1) is 64.1 Å². The summed E-state index contributed by atoms with van der Waals surface area (Å²) >= 11 is 0. The number of benzene rings is 1. The molecular formula is C53H74N4O6S2. The van der Waals surface area contributed by atoms with Crippen molar-refractivity contribution in [2.45, 2.75) is 128 Å². The zero-order valence-electron chi connectivity index (χ0n) is 38.7. The number of nitrogens with one attached hydrogen (secondary N) is 3. The second-order valence-electron chi connectivity index (χ2n) is 20.7. The van der Waals surface area contributed by atoms with Gasteiger partial charge < -0.3 is 51.6 Å². The van der Waals surface area contributed by atoms with Gasteiger partial charge in [-0.2, -0.15) is 0 Å². The third-order valence-corrected chi connectivity index (χ3v) is 20.0. The lowest BCUT2D eigenvalue weighted by Gasteiger charge is -2.50. The van der Waals surface area contributed by atoms with E-state index in [1.54, 1.807) is 21.6 Å². The fraction of sp³-hybridized carbons (Fsp3) is 0.660. The van der Waals surface area contributed by atoms with Crippen LogP contribution in [-0.2, 0) is 12.8 Å². The first-order valence-corrected chi connectivity index (χ1v) is 27.4. The van der Waals surface area contributed by atoms with Crippen molar-refractivity contribution in [3.05, 3.63) is 82.0 Å². The number of dihydropyridines is 1. The van der Waals surface area contributed by atoms with Gasteiger partial charge in [-0.25, -0.2) is 0 Å². The Balaban J connectivity index is 1.10. The molecule has 2 aromatic rings. The van der Waals surface area contributed by atoms with Crippen molar-refractivity contribution in [1.82, 2.24) is 15.6 Å². The molecule has 12 heteroatoms. The number of rotatable bonds is 9. The second kappa shape index (κ2) is 19.9. The number of hydrogen-bond donors (Lipinski definition) is 9. The predicted octanol–water partition coefficient (Wildman–Crippen LogP) is 7.34. The Morgan fingerprint density at radius 3 is 2.66 bits per heavy atom. The van der Waals surface area contributed by atoms with Gasteiger partial charge in [0.15, 0.2) is 11.5 Å². The van der Waals surface area contributed by atoms with Crippen LogP contribution in [0.3, 0.4) is 0 Å². The molecule has 2 saturated carbocycles. The van der Waals surface area contributed by atoms with Crippen molar-refractivity contribution in [3.63, 3.8) is 0 Å². The highest BCUT2D eigenvalue weighted by Crippen LogP contribution is 2.64. The second-order valence-corrected chi connectivity index (χ2v) is 23.2. The monoisotopic (exact) mass is 927 g/mol. The van der Waals surface area contributed by atoms with Gasteiger partial charge in [-0.15, -0.1) is 0 Å². The van der Waals surface area contributed by atoms with E-state index in [2.05, 4.69) is 66.6 Å². The first-order chi connectivity index (χ1) is 31.5. The van der Waals surface area contributed by atoms with E-state index < -0.39 is 36.3 Å². The third kappa shape index (κ3) is 8.83. The molecule has 1 aromatic heterocycles. The smallest absolute Gasteiger partial charge is 0.161 e. The van der Waals surface area contributed by atoms with Gasteiger partial charge in [-0.05, 0) is 154 Å². The summed E-state index contributed by atoms with van der Waals surface area (Å²) in [7, 11) is 5.36. The van der Waals surface area contributed by atoms with Crippen LogP contribution in [0.15, 0.2) is 65.2 Å². The summed E-state index contributed by atoms with van der Waals surface area (Å²) in [5, 5.41) is 67.0. The minimum absolute atomic E-state index is 0.0211. The van der Waals surface area contributed by atoms with E-state index in [1.165, 1.54) is 18.4 Å². The lowest BCUT2D eigenvalue weighted by Crippen LogP contribution is -2.48. The van der Waals surface area contributed by atoms with Crippen LogP contribution in [0.25, 0.3) is 0 Å². The highest BCUT2D eigenvalue weighted by molar-refractivity contribution is 8.76. The molecule has 3 fully saturated rings. The van der Waals surface area contributed by atoms with Gasteiger partial charge in [0.2, 0.25) is 0 Å². The molecule has 0 amide bonds. The van der Waals surface area contributed by atoms with Crippen LogP contribution in [0.5, 0.6) is 11.5 Å². The van der Waals surface area contributed by atoms with Crippen molar-refractivity contribution >= 4 is 21.6 Å². The Morgan fingerprint density at radius 1 is 1.05 bits per heavy atom. The molecule has 2 bridgehead atoms. The molecule has 10 N–H and O–H groups in total. The number of phenolic OH excluding ortho intramolecular Hbond substituents is 1. The molecule has 1 spiro atoms. The molecule has 7 aliphatic rings. The standard InChI is InChI=1S/C53H74N4O6S2/c1-4-31-19-34-22-44(59)46(63-47-23-35(20-38-11-8-17-56-38)39-13-18-57-51(54)43(39)30-65-64-29-36(28-58)49(47)61)25-41(34)42-24-45(60)48-32(21-40(31)42)12-16-52(5-2)14-6-9-33(50(48)62)26-53(52)15-7-10-37(53)27-55-3/h8,11,13,17,21-22,25,31-33,35-37,42,45,47-50,55-62H,4-7,9-10,14-15,18-20,23-24,26-30,54H2,1-3H3/t31-,32+,33-,35+,36+,37+,42+,45-,47-,48-,49-,50+,52-,53-/m1/s1. The lowest BCUT2D eigenvalue weighted by atomic mass is 9.54. The molecule has 14 atom stereocenters. The molecule has 3 heterocycles. The number of H-pyrrole nitrogens is 1. The number of phenols is 1. The van der Waals surface area contributed by atoms with Gasteiger partial charge in [-0.1, -0.05) is 77.8 Å². The topological polar surface area (TPSA) is 176 Å². The van der Waals surface area contributed by atoms with E-state index in [0.717, 1.165) is 85.9 Å². The average molecular weight is 927 g/mol. The molecule has 0 unspecified atom stereocenters. The van der Waals surface area contributed by atoms with Crippen LogP contribution in [0.2, 0.25) is 0 Å². The van der Waals surface area contributed by atoms with Crippen LogP contribution in [-0.4, -0.2) is 93.2 Å². The average Bonchev–Trinajstić information content (AvgIpc) is 3.90. The normalized spacial score (nSPS) is 38.3. The largest absolute Gasteiger partial charge is 0.504 e. The Hall–Kier alpha value is -3.02. The van der Waals surface area contributed by atoms with E-state index in [1.807, 2.05) is 24.4 Å². The van der Waals surface area contributed by atoms with Gasteiger partial charge in [0.05, 0.1) is 18.3 Å². The van der Waals surface area contributed by atoms with Crippen LogP contribution < -0.4 is 21.1 Å². The zero-order chi connectivity index (χ0) is 45.5. The molecule has 354 valence electrons. The van der Waals surface area contributed by atoms with E-state index >= 15 is 0 Å². The SMILES string of the molecule is CC[C@@H]1Cc2cc(O)c(O[C@@H]3C[C@H](Cc4ccc[nH]4)C4=CCNC(N)=C4CSSC[C@H](CO)[C@H]3O)cc2[C@H]2C[C@@H](O)[C@@H]3[C@@H](O)[C@@H]4CCC[C@](CC)(C#C[C@H]3C=C12)[C@]1(CCC[C@H]1CNC)C4. The lowest BCUT2D eigenvalue weighted by molar-refractivity contribution is -0.0544. The highest BCUT2D eigenvalue weighted by atomic mass is 33.1. The zero-order valence-corrected chi connectivity index (χ0v) is 40.4. The first-order valence-electron chi connectivity index (χ1n) is 24.9. The molecule has 65 heavy (non-hydrogen) atoms. The number of aromatic amines is 1. The van der Waals surface area contributed by atoms with Crippen molar-refractivity contribution in [2.75, 3.05) is 38.2 Å². The van der Waals surface area contributed by atoms with E-state index in [0.29, 0.717) is 54.8 Å². The number of aliphatic hydroxyl groups is 4. The number of nitrogens with two attached hydrogens (primary N) is 1. The molecule has 1 saturated heterocycles. The maximum Gasteiger partial charge on any atom is 0.161 e. The molecule has 0 radical (unpaired) electrons. The maximum absolute atomic E-state index is 12.7. The third-order valence-electron chi connectivity index (χ3n) is 17.6. The number of hydrogen-bond acceptors (Lipinski definition) is 11. The number of aromatic nitrogens is 1. The van der Waals surface area contributed by atoms with Crippen LogP contribution >= 0.6 is 21.6 Å². The summed E-state index contributed by atoms with van der Waals surface area (Å²) in [6, 6.07) is 7.88. The summed E-state index contributed by atoms with van der Waals surface area (Å²) in [5.41, 5.74) is 13.1. The Morgan fingerprint density at radius 2 is 1.89 bits per heavy atom. The van der Waals surface area contributed by atoms with Crippen molar-refractivity contribution in [3.8, 4) is 23.3 Å². The number of allylic oxidation sites excluding steroid dienone is 3. The molecule has 1 aromatic carbocycles. The van der Waals surface area contributed by atoms with Gasteiger partial charge in [0.1, 0.15) is 11.9 Å². The Bertz CT molecular complexity index is 2170. The summed E-state index contributed by atoms with van der Waals surface area (Å²) in [4.78, 5) is 3.38. The van der Waals surface area contributed by atoms with Crippen LogP contribution in [0.4, 0.5) is 0 Å². The minimum atomic E-state index is -1.03. The van der Waals surface area contributed by atoms with Gasteiger partial charge >= 0.3 is 0 Å². The van der Waals surface area contributed by atoms with E-state index in [9.17, 15) is 25.5 Å². The van der Waals surface area contributed by atoms with E-state index in [4.69, 9.17) is 10.5 Å².